The van der Waals surface area contributed by atoms with Gasteiger partial charge in [0.1, 0.15) is 0 Å². The molecule has 1 N–H and O–H groups in total. The Morgan fingerprint density at radius 1 is 1.14 bits per heavy atom. The molecular weight excluding hydrogens is 278 g/mol. The van der Waals surface area contributed by atoms with Crippen LogP contribution in [-0.4, -0.2) is 17.8 Å². The minimum atomic E-state index is -0.443. The molecule has 1 heterocycles. The van der Waals surface area contributed by atoms with Crippen molar-refractivity contribution in [1.82, 2.24) is 5.32 Å². The topological polar surface area (TPSA) is 55.4 Å². The second-order valence-electron chi connectivity index (χ2n) is 5.75. The molecular formula is C18H29NO3. The van der Waals surface area contributed by atoms with Crippen LogP contribution in [0.25, 0.3) is 0 Å². The predicted octanol–water partition coefficient (Wildman–Crippen LogP) is 4.02. The Labute approximate surface area is 134 Å². The summed E-state index contributed by atoms with van der Waals surface area (Å²) in [6.45, 7) is 4.27. The molecule has 1 saturated heterocycles. The van der Waals surface area contributed by atoms with Crippen LogP contribution in [0, 0.1) is 0 Å². The van der Waals surface area contributed by atoms with Crippen LogP contribution in [0.3, 0.4) is 0 Å². The summed E-state index contributed by atoms with van der Waals surface area (Å²) in [6.07, 6.45) is 14.1. The summed E-state index contributed by atoms with van der Waals surface area (Å²) >= 11 is 0. The molecule has 1 atom stereocenters. The molecule has 1 rings (SSSR count). The van der Waals surface area contributed by atoms with E-state index >= 15 is 0 Å². The number of hydrogen-bond acceptors (Lipinski definition) is 3. The lowest BCUT2D eigenvalue weighted by Gasteiger charge is -2.05. The molecule has 1 amide bonds. The molecule has 1 fully saturated rings. The highest BCUT2D eigenvalue weighted by Crippen LogP contribution is 2.15. The number of allylic oxidation sites excluding steroid dienone is 3. The number of carbonyl (C=O) groups excluding carboxylic acids is 2. The normalized spacial score (nSPS) is 19.6. The fourth-order valence-corrected chi connectivity index (χ4v) is 2.33. The molecule has 4 heteroatoms. The van der Waals surface area contributed by atoms with Crippen LogP contribution in [0.1, 0.15) is 71.6 Å². The van der Waals surface area contributed by atoms with Gasteiger partial charge in [-0.05, 0) is 31.8 Å². The van der Waals surface area contributed by atoms with Gasteiger partial charge in [0.15, 0.2) is 17.8 Å². The van der Waals surface area contributed by atoms with Gasteiger partial charge in [0.2, 0.25) is 0 Å². The van der Waals surface area contributed by atoms with Gasteiger partial charge < -0.3 is 4.74 Å². The van der Waals surface area contributed by atoms with Gasteiger partial charge in [-0.3, -0.25) is 14.9 Å². The van der Waals surface area contributed by atoms with Crippen LogP contribution < -0.4 is 5.32 Å². The van der Waals surface area contributed by atoms with Crippen LogP contribution >= 0.6 is 0 Å². The van der Waals surface area contributed by atoms with E-state index in [9.17, 15) is 9.59 Å². The Balaban J connectivity index is 2.27. The average molecular weight is 307 g/mol. The van der Waals surface area contributed by atoms with E-state index in [2.05, 4.69) is 19.2 Å². The van der Waals surface area contributed by atoms with Crippen LogP contribution in [0.5, 0.6) is 0 Å². The summed E-state index contributed by atoms with van der Waals surface area (Å²) in [7, 11) is 0. The van der Waals surface area contributed by atoms with E-state index in [0.717, 1.165) is 25.7 Å². The zero-order chi connectivity index (χ0) is 16.2. The highest BCUT2D eigenvalue weighted by Gasteiger charge is 2.28. The lowest BCUT2D eigenvalue weighted by molar-refractivity contribution is -0.123. The third-order valence-corrected chi connectivity index (χ3v) is 3.66. The first-order chi connectivity index (χ1) is 10.7. The zero-order valence-corrected chi connectivity index (χ0v) is 13.9. The molecule has 0 radical (unpaired) electrons. The minimum Gasteiger partial charge on any atom is -0.465 e. The first kappa shape index (κ1) is 18.5. The molecule has 1 aliphatic rings. The number of ether oxygens (including phenoxy) is 1. The van der Waals surface area contributed by atoms with Gasteiger partial charge in [0.25, 0.3) is 5.91 Å². The van der Waals surface area contributed by atoms with Crippen molar-refractivity contribution in [3.63, 3.8) is 0 Å². The summed E-state index contributed by atoms with van der Waals surface area (Å²) in [5, 5.41) is 2.61. The second-order valence-corrected chi connectivity index (χ2v) is 5.75. The number of unbranched alkanes of at least 4 members (excludes halogenated alkanes) is 6. The van der Waals surface area contributed by atoms with Gasteiger partial charge in [-0.1, -0.05) is 52.0 Å². The van der Waals surface area contributed by atoms with Crippen molar-refractivity contribution in [2.45, 2.75) is 77.7 Å². The molecule has 0 saturated carbocycles. The first-order valence-corrected chi connectivity index (χ1v) is 8.57. The number of carbonyl (C=O) groups is 2. The smallest absolute Gasteiger partial charge is 0.267 e. The Kier molecular flexibility index (Phi) is 9.28. The summed E-state index contributed by atoms with van der Waals surface area (Å²) in [5.41, 5.74) is 0. The molecule has 22 heavy (non-hydrogen) atoms. The van der Waals surface area contributed by atoms with Gasteiger partial charge in [0, 0.05) is 6.08 Å². The van der Waals surface area contributed by atoms with Gasteiger partial charge in [-0.25, -0.2) is 0 Å². The molecule has 0 aliphatic carbocycles. The Morgan fingerprint density at radius 2 is 1.86 bits per heavy atom. The maximum atomic E-state index is 11.8. The Hall–Kier alpha value is -1.58. The SMILES string of the molecule is CCCCCCC/C=C/C(=O)/C=C1\NC(=O)C(CCCC)O1. The van der Waals surface area contributed by atoms with Gasteiger partial charge in [-0.15, -0.1) is 0 Å². The predicted molar refractivity (Wildman–Crippen MR) is 88.1 cm³/mol. The average Bonchev–Trinajstić information content (AvgIpc) is 2.83. The molecule has 0 bridgehead atoms. The standard InChI is InChI=1S/C18H29NO3/c1-3-5-7-8-9-10-11-12-15(20)14-17-19-18(21)16(22-17)13-6-4-2/h11-12,14,16H,3-10,13H2,1-2H3,(H,19,21)/b12-11+,17-14+. The van der Waals surface area contributed by atoms with E-state index in [1.165, 1.54) is 31.8 Å². The van der Waals surface area contributed by atoms with Gasteiger partial charge >= 0.3 is 0 Å². The van der Waals surface area contributed by atoms with Crippen LogP contribution in [0.15, 0.2) is 24.1 Å². The lowest BCUT2D eigenvalue weighted by Crippen LogP contribution is -2.22. The summed E-state index contributed by atoms with van der Waals surface area (Å²) in [4.78, 5) is 23.4. The number of rotatable bonds is 11. The fourth-order valence-electron chi connectivity index (χ4n) is 2.33. The highest BCUT2D eigenvalue weighted by atomic mass is 16.5. The molecule has 124 valence electrons. The minimum absolute atomic E-state index is 0.139. The van der Waals surface area contributed by atoms with E-state index in [4.69, 9.17) is 4.74 Å². The van der Waals surface area contributed by atoms with Gasteiger partial charge in [0.05, 0.1) is 0 Å². The molecule has 4 nitrogen and oxygen atoms in total. The van der Waals surface area contributed by atoms with E-state index in [1.54, 1.807) is 6.08 Å². The van der Waals surface area contributed by atoms with Gasteiger partial charge in [-0.2, -0.15) is 0 Å². The maximum absolute atomic E-state index is 11.8. The molecule has 1 unspecified atom stereocenters. The van der Waals surface area contributed by atoms with Crippen molar-refractivity contribution >= 4 is 11.7 Å². The summed E-state index contributed by atoms with van der Waals surface area (Å²) < 4.78 is 5.46. The van der Waals surface area contributed by atoms with Crippen molar-refractivity contribution in [3.8, 4) is 0 Å². The number of amides is 1. The van der Waals surface area contributed by atoms with E-state index in [-0.39, 0.29) is 17.6 Å². The largest absolute Gasteiger partial charge is 0.465 e. The van der Waals surface area contributed by atoms with E-state index in [0.29, 0.717) is 6.42 Å². The summed E-state index contributed by atoms with van der Waals surface area (Å²) in [5.74, 6) is -0.00361. The molecule has 0 aromatic carbocycles. The monoisotopic (exact) mass is 307 g/mol. The third-order valence-electron chi connectivity index (χ3n) is 3.66. The number of ketones is 1. The van der Waals surface area contributed by atoms with Crippen molar-refractivity contribution in [2.75, 3.05) is 0 Å². The van der Waals surface area contributed by atoms with Crippen LogP contribution in [0.2, 0.25) is 0 Å². The van der Waals surface area contributed by atoms with Crippen molar-refractivity contribution in [3.05, 3.63) is 24.1 Å². The van der Waals surface area contributed by atoms with Crippen molar-refractivity contribution in [1.29, 1.82) is 0 Å². The van der Waals surface area contributed by atoms with Crippen LogP contribution in [0.4, 0.5) is 0 Å². The van der Waals surface area contributed by atoms with Crippen LogP contribution in [-0.2, 0) is 14.3 Å². The number of nitrogens with one attached hydrogen (secondary N) is 1. The highest BCUT2D eigenvalue weighted by molar-refractivity contribution is 6.00. The van der Waals surface area contributed by atoms with Crippen molar-refractivity contribution in [2.24, 2.45) is 0 Å². The first-order valence-electron chi connectivity index (χ1n) is 8.57. The number of hydrogen-bond donors (Lipinski definition) is 1. The van der Waals surface area contributed by atoms with E-state index in [1.807, 2.05) is 6.08 Å². The lowest BCUT2D eigenvalue weighted by atomic mass is 10.1. The molecule has 1 aliphatic heterocycles. The fraction of sp³-hybridized carbons (Fsp3) is 0.667. The maximum Gasteiger partial charge on any atom is 0.267 e. The second kappa shape index (κ2) is 11.0. The molecule has 0 spiro atoms. The zero-order valence-electron chi connectivity index (χ0n) is 13.9. The van der Waals surface area contributed by atoms with Crippen molar-refractivity contribution < 1.29 is 14.3 Å². The quantitative estimate of drug-likeness (QED) is 0.463. The molecule has 0 aromatic heterocycles. The Bertz CT molecular complexity index is 413. The van der Waals surface area contributed by atoms with E-state index < -0.39 is 6.10 Å². The summed E-state index contributed by atoms with van der Waals surface area (Å²) in [6, 6.07) is 0. The Morgan fingerprint density at radius 3 is 2.59 bits per heavy atom. The third kappa shape index (κ3) is 7.43. The molecule has 0 aromatic rings.